The Labute approximate surface area is 394 Å². The topological polar surface area (TPSA) is 250 Å². The van der Waals surface area contributed by atoms with Crippen LogP contribution < -0.4 is 4.90 Å². The number of allylic oxidation sites excluding steroid dienone is 8. The molecule has 3 aromatic rings. The van der Waals surface area contributed by atoms with Crippen molar-refractivity contribution in [3.63, 3.8) is 0 Å². The summed E-state index contributed by atoms with van der Waals surface area (Å²) < 4.78 is 128. The average Bonchev–Trinajstić information content (AvgIpc) is 3.57. The largest absolute Gasteiger partial charge is 0.748 e. The zero-order valence-electron chi connectivity index (χ0n) is 37.9. The molecule has 0 fully saturated rings. The van der Waals surface area contributed by atoms with Crippen molar-refractivity contribution < 1.29 is 62.1 Å². The van der Waals surface area contributed by atoms with Crippen LogP contribution in [0.2, 0.25) is 0 Å². The van der Waals surface area contributed by atoms with Crippen molar-refractivity contribution >= 4 is 74.7 Å². The normalized spacial score (nSPS) is 19.4. The van der Waals surface area contributed by atoms with E-state index in [0.29, 0.717) is 56.4 Å². The van der Waals surface area contributed by atoms with Crippen molar-refractivity contribution in [3.8, 4) is 0 Å². The van der Waals surface area contributed by atoms with E-state index in [4.69, 9.17) is 0 Å². The highest BCUT2D eigenvalue weighted by Crippen LogP contribution is 2.49. The third kappa shape index (κ3) is 12.3. The van der Waals surface area contributed by atoms with Gasteiger partial charge in [0.25, 0.3) is 10.1 Å². The number of anilines is 1. The third-order valence-electron chi connectivity index (χ3n) is 12.7. The van der Waals surface area contributed by atoms with E-state index in [2.05, 4.69) is 5.87 Å². The van der Waals surface area contributed by atoms with Crippen LogP contribution >= 0.6 is 0 Å². The Morgan fingerprint density at radius 2 is 1.40 bits per heavy atom. The third-order valence-corrected chi connectivity index (χ3v) is 16.2. The molecule has 0 radical (unpaired) electrons. The van der Waals surface area contributed by atoms with Gasteiger partial charge in [0, 0.05) is 65.4 Å². The van der Waals surface area contributed by atoms with Crippen LogP contribution in [0.3, 0.4) is 0 Å². The summed E-state index contributed by atoms with van der Waals surface area (Å²) in [4.78, 5) is 13.3. The average molecular weight is 998 g/mol. The summed E-state index contributed by atoms with van der Waals surface area (Å²) in [7, 11) is -17.0. The molecule has 0 bridgehead atoms. The van der Waals surface area contributed by atoms with E-state index < -0.39 is 68.5 Å². The van der Waals surface area contributed by atoms with E-state index in [0.717, 1.165) is 56.9 Å². The second-order valence-corrected chi connectivity index (χ2v) is 24.5. The molecular weight excluding hydrogens is 941 g/mol. The lowest BCUT2D eigenvalue weighted by Gasteiger charge is -2.28. The van der Waals surface area contributed by atoms with Gasteiger partial charge in [-0.2, -0.15) is 13.0 Å². The molecule has 0 saturated heterocycles. The monoisotopic (exact) mass is 997 g/mol. The Bertz CT molecular complexity index is 3070. The smallest absolute Gasteiger partial charge is 0.303 e. The first-order valence-electron chi connectivity index (χ1n) is 21.9. The SMILES string of the molecule is C=S(=O)(O)c1ccc2c(c1)C(C)(C)C(C=CC1=C(c3ccc(CCC(=O)O)cc3)C(=CC=C3N(CCCCS(=O)(=O)[O-])c4ccc(S(=O)(=O)O)cc4C3(C)C)CCC1)=[N+]2CCCCS(=O)(=O)[O-]. The van der Waals surface area contributed by atoms with Crippen LogP contribution in [0.5, 0.6) is 0 Å². The van der Waals surface area contributed by atoms with Gasteiger partial charge in [-0.15, -0.1) is 0 Å². The number of fused-ring (bicyclic) bond motifs is 2. The van der Waals surface area contributed by atoms with Gasteiger partial charge in [-0.1, -0.05) is 50.3 Å². The molecule has 3 aromatic carbocycles. The zero-order valence-corrected chi connectivity index (χ0v) is 41.2. The minimum atomic E-state index is -4.54. The fourth-order valence-corrected chi connectivity index (χ4v) is 11.5. The number of aryl methyl sites for hydroxylation is 1. The lowest BCUT2D eigenvalue weighted by molar-refractivity contribution is -0.438. The Hall–Kier alpha value is -4.73. The van der Waals surface area contributed by atoms with Gasteiger partial charge in [0.2, 0.25) is 5.69 Å². The zero-order chi connectivity index (χ0) is 49.3. The number of carboxylic acid groups (broad SMARTS) is 1. The van der Waals surface area contributed by atoms with Gasteiger partial charge in [0.15, 0.2) is 5.71 Å². The Balaban J connectivity index is 1.49. The highest BCUT2D eigenvalue weighted by atomic mass is 32.2. The van der Waals surface area contributed by atoms with Gasteiger partial charge in [-0.05, 0) is 134 Å². The summed E-state index contributed by atoms with van der Waals surface area (Å²) in [6.07, 6.45) is 11.4. The molecule has 1 aliphatic carbocycles. The molecule has 2 aliphatic heterocycles. The number of hydrogen-bond donors (Lipinski definition) is 3. The van der Waals surface area contributed by atoms with Crippen molar-refractivity contribution in [2.24, 2.45) is 0 Å². The summed E-state index contributed by atoms with van der Waals surface area (Å²) in [6, 6.07) is 17.1. The van der Waals surface area contributed by atoms with E-state index in [9.17, 15) is 57.6 Å². The lowest BCUT2D eigenvalue weighted by Crippen LogP contribution is -2.28. The van der Waals surface area contributed by atoms with E-state index in [1.807, 2.05) is 85.7 Å². The van der Waals surface area contributed by atoms with Gasteiger partial charge in [0.1, 0.15) is 16.3 Å². The number of aliphatic carboxylic acids is 1. The molecule has 3 aliphatic rings. The summed E-state index contributed by atoms with van der Waals surface area (Å²) in [6.45, 7) is 8.52. The standard InChI is InChI=1S/C48H58N2O13S4/c1-47(2)39-31-37(64(5,53)54)20-22-41(39)49(27-6-8-29-65(55,56)57)43(47)24-18-34-11-10-12-35(46(34)36-16-13-33(14-17-36)15-26-45(51)52)19-25-44-48(3,4)40-32-38(67(61,62)63)21-23-42(40)50(44)28-7-9-30-66(58,59)60/h13-14,16-25,31-32H,5-12,15,26-30H2,1-4H3,(H4-,51,52,53,54,55,56,57,58,59,60,61,62,63)/p-1. The fourth-order valence-electron chi connectivity index (χ4n) is 9.33. The number of unbranched alkanes of at least 4 members (excludes halogenated alkanes) is 2. The minimum absolute atomic E-state index is 0.0342. The van der Waals surface area contributed by atoms with Gasteiger partial charge in [-0.3, -0.25) is 9.35 Å². The summed E-state index contributed by atoms with van der Waals surface area (Å²) in [5.74, 6) is 1.50. The number of carboxylic acids is 1. The Morgan fingerprint density at radius 1 is 0.776 bits per heavy atom. The second-order valence-electron chi connectivity index (χ2n) is 18.3. The quantitative estimate of drug-likeness (QED) is 0.0461. The van der Waals surface area contributed by atoms with Gasteiger partial charge >= 0.3 is 5.97 Å². The molecule has 1 unspecified atom stereocenters. The predicted molar refractivity (Wildman–Crippen MR) is 258 cm³/mol. The van der Waals surface area contributed by atoms with Gasteiger partial charge < -0.3 is 23.7 Å². The van der Waals surface area contributed by atoms with Crippen LogP contribution in [-0.4, -0.2) is 99.5 Å². The van der Waals surface area contributed by atoms with Crippen LogP contribution in [0.25, 0.3) is 5.57 Å². The highest BCUT2D eigenvalue weighted by Gasteiger charge is 2.45. The van der Waals surface area contributed by atoms with Crippen molar-refractivity contribution in [2.45, 2.75) is 106 Å². The van der Waals surface area contributed by atoms with Crippen LogP contribution in [0, 0.1) is 0 Å². The molecule has 0 saturated carbocycles. The molecule has 362 valence electrons. The van der Waals surface area contributed by atoms with Gasteiger partial charge in [0.05, 0.1) is 35.4 Å². The molecule has 2 heterocycles. The minimum Gasteiger partial charge on any atom is -0.748 e. The molecular formula is C48H57N2O13S4-. The molecule has 67 heavy (non-hydrogen) atoms. The lowest BCUT2D eigenvalue weighted by atomic mass is 9.79. The van der Waals surface area contributed by atoms with Crippen LogP contribution in [0.15, 0.2) is 112 Å². The molecule has 6 rings (SSSR count). The molecule has 0 amide bonds. The maximum absolute atomic E-state index is 12.7. The molecule has 0 spiro atoms. The van der Waals surface area contributed by atoms with E-state index in [1.54, 1.807) is 24.3 Å². The van der Waals surface area contributed by atoms with Crippen LogP contribution in [-0.2, 0) is 62.2 Å². The van der Waals surface area contributed by atoms with E-state index in [-0.39, 0.29) is 29.1 Å². The van der Waals surface area contributed by atoms with E-state index in [1.165, 1.54) is 12.1 Å². The number of rotatable bonds is 19. The summed E-state index contributed by atoms with van der Waals surface area (Å²) >= 11 is 0. The summed E-state index contributed by atoms with van der Waals surface area (Å²) in [5, 5.41) is 9.33. The number of carbonyl (C=O) groups is 1. The fraction of sp³-hybridized carbons (Fsp3) is 0.396. The molecule has 1 atom stereocenters. The predicted octanol–water partition coefficient (Wildman–Crippen LogP) is 7.33. The second kappa shape index (κ2) is 19.7. The van der Waals surface area contributed by atoms with Crippen molar-refractivity contribution in [1.82, 2.24) is 0 Å². The first kappa shape index (κ1) is 51.7. The first-order valence-corrected chi connectivity index (χ1v) is 28.2. The van der Waals surface area contributed by atoms with Crippen molar-refractivity contribution in [1.29, 1.82) is 0 Å². The summed E-state index contributed by atoms with van der Waals surface area (Å²) in [5.41, 5.74) is 7.53. The van der Waals surface area contributed by atoms with E-state index >= 15 is 0 Å². The Morgan fingerprint density at radius 3 is 2.01 bits per heavy atom. The maximum atomic E-state index is 12.7. The molecule has 15 nitrogen and oxygen atoms in total. The first-order chi connectivity index (χ1) is 31.1. The number of hydrogen-bond acceptors (Lipinski definition) is 11. The molecule has 0 aromatic heterocycles. The molecule has 19 heteroatoms. The Kier molecular flexibility index (Phi) is 15.2. The van der Waals surface area contributed by atoms with Crippen molar-refractivity contribution in [3.05, 3.63) is 124 Å². The maximum Gasteiger partial charge on any atom is 0.303 e. The highest BCUT2D eigenvalue weighted by molar-refractivity contribution is 7.95. The number of benzene rings is 3. The van der Waals surface area contributed by atoms with Crippen molar-refractivity contribution in [2.75, 3.05) is 29.5 Å². The van der Waals surface area contributed by atoms with Gasteiger partial charge in [-0.25, -0.2) is 21.0 Å². The van der Waals surface area contributed by atoms with Crippen LogP contribution in [0.4, 0.5) is 11.4 Å². The van der Waals surface area contributed by atoms with Crippen LogP contribution in [0.1, 0.15) is 101 Å². The molecule has 3 N–H and O–H groups in total. The number of nitrogens with zero attached hydrogens (tertiary/aromatic N) is 2.